The zero-order valence-electron chi connectivity index (χ0n) is 19.7. The lowest BCUT2D eigenvalue weighted by atomic mass is 9.75. The van der Waals surface area contributed by atoms with Crippen LogP contribution in [-0.2, 0) is 9.59 Å². The maximum absolute atomic E-state index is 13.2. The second-order valence-electron chi connectivity index (χ2n) is 9.88. The summed E-state index contributed by atoms with van der Waals surface area (Å²) in [5, 5.41) is 0. The Hall–Kier alpha value is -2.15. The average Bonchev–Trinajstić information content (AvgIpc) is 3.03. The zero-order valence-corrected chi connectivity index (χ0v) is 19.7. The summed E-state index contributed by atoms with van der Waals surface area (Å²) in [7, 11) is 1.96. The molecule has 32 heavy (non-hydrogen) atoms. The van der Waals surface area contributed by atoms with Crippen LogP contribution in [0.2, 0.25) is 0 Å². The molecule has 176 valence electrons. The summed E-state index contributed by atoms with van der Waals surface area (Å²) >= 11 is 0. The molecule has 0 unspecified atom stereocenters. The van der Waals surface area contributed by atoms with Crippen LogP contribution < -0.4 is 4.90 Å². The summed E-state index contributed by atoms with van der Waals surface area (Å²) in [6.45, 7) is 9.39. The highest BCUT2D eigenvalue weighted by molar-refractivity contribution is 5.86. The Bertz CT molecular complexity index is 822. The van der Waals surface area contributed by atoms with Gasteiger partial charge in [-0.15, -0.1) is 0 Å². The Morgan fingerprint density at radius 2 is 1.81 bits per heavy atom. The van der Waals surface area contributed by atoms with E-state index >= 15 is 0 Å². The quantitative estimate of drug-likeness (QED) is 0.701. The van der Waals surface area contributed by atoms with Crippen molar-refractivity contribution in [2.75, 3.05) is 51.2 Å². The number of hydrogen-bond acceptors (Lipinski definition) is 4. The van der Waals surface area contributed by atoms with E-state index in [9.17, 15) is 14.0 Å². The van der Waals surface area contributed by atoms with Crippen LogP contribution in [0.4, 0.5) is 10.1 Å². The predicted molar refractivity (Wildman–Crippen MR) is 124 cm³/mol. The van der Waals surface area contributed by atoms with Gasteiger partial charge in [-0.1, -0.05) is 6.92 Å². The summed E-state index contributed by atoms with van der Waals surface area (Å²) in [6.07, 6.45) is 4.04. The molecule has 0 saturated carbocycles. The number of anilines is 1. The first-order valence-corrected chi connectivity index (χ1v) is 12.1. The van der Waals surface area contributed by atoms with Crippen molar-refractivity contribution in [3.63, 3.8) is 0 Å². The van der Waals surface area contributed by atoms with Gasteiger partial charge in [-0.05, 0) is 56.9 Å². The van der Waals surface area contributed by atoms with Crippen molar-refractivity contribution in [1.82, 2.24) is 14.7 Å². The Morgan fingerprint density at radius 3 is 2.44 bits per heavy atom. The van der Waals surface area contributed by atoms with Crippen molar-refractivity contribution in [3.8, 4) is 0 Å². The lowest BCUT2D eigenvalue weighted by Gasteiger charge is -2.41. The Kier molecular flexibility index (Phi) is 6.75. The maximum atomic E-state index is 13.2. The van der Waals surface area contributed by atoms with E-state index in [-0.39, 0.29) is 29.1 Å². The molecule has 1 aromatic rings. The SMILES string of the molecule is CCC(=O)N1CCC2(CC1)C[C@H](CCN1CCN(c3ccc(F)cc3)C[C@@H]1C)N(C)C2=O. The van der Waals surface area contributed by atoms with Gasteiger partial charge in [0.25, 0.3) is 0 Å². The summed E-state index contributed by atoms with van der Waals surface area (Å²) in [5.74, 6) is 0.278. The summed E-state index contributed by atoms with van der Waals surface area (Å²) < 4.78 is 13.2. The molecule has 0 N–H and O–H groups in total. The fourth-order valence-electron chi connectivity index (χ4n) is 5.87. The van der Waals surface area contributed by atoms with Crippen LogP contribution in [0.5, 0.6) is 0 Å². The van der Waals surface area contributed by atoms with Gasteiger partial charge < -0.3 is 14.7 Å². The molecule has 4 rings (SSSR count). The Morgan fingerprint density at radius 1 is 1.12 bits per heavy atom. The van der Waals surface area contributed by atoms with Crippen LogP contribution in [0.15, 0.2) is 24.3 Å². The molecule has 0 radical (unpaired) electrons. The first-order valence-electron chi connectivity index (χ1n) is 12.1. The molecule has 0 aromatic heterocycles. The van der Waals surface area contributed by atoms with Crippen LogP contribution in [0.3, 0.4) is 0 Å². The van der Waals surface area contributed by atoms with E-state index in [0.29, 0.717) is 25.6 Å². The number of rotatable bonds is 5. The largest absolute Gasteiger partial charge is 0.369 e. The van der Waals surface area contributed by atoms with Gasteiger partial charge in [0.15, 0.2) is 0 Å². The van der Waals surface area contributed by atoms with Crippen molar-refractivity contribution >= 4 is 17.5 Å². The van der Waals surface area contributed by atoms with E-state index in [4.69, 9.17) is 0 Å². The molecular weight excluding hydrogens is 407 g/mol. The third-order valence-electron chi connectivity index (χ3n) is 8.03. The molecule has 3 fully saturated rings. The van der Waals surface area contributed by atoms with Gasteiger partial charge in [0.2, 0.25) is 11.8 Å². The number of amides is 2. The van der Waals surface area contributed by atoms with E-state index in [1.807, 2.05) is 35.9 Å². The van der Waals surface area contributed by atoms with Crippen LogP contribution in [-0.4, -0.2) is 84.9 Å². The van der Waals surface area contributed by atoms with Crippen molar-refractivity contribution < 1.29 is 14.0 Å². The number of carbonyl (C=O) groups is 2. The third kappa shape index (κ3) is 4.49. The van der Waals surface area contributed by atoms with Crippen molar-refractivity contribution in [3.05, 3.63) is 30.1 Å². The van der Waals surface area contributed by atoms with Gasteiger partial charge >= 0.3 is 0 Å². The minimum absolute atomic E-state index is 0.198. The molecule has 0 bridgehead atoms. The number of halogens is 1. The zero-order chi connectivity index (χ0) is 22.9. The minimum atomic E-state index is -0.267. The maximum Gasteiger partial charge on any atom is 0.228 e. The van der Waals surface area contributed by atoms with Gasteiger partial charge in [-0.25, -0.2) is 4.39 Å². The monoisotopic (exact) mass is 444 g/mol. The highest BCUT2D eigenvalue weighted by Gasteiger charge is 2.51. The number of piperazine rings is 1. The number of carbonyl (C=O) groups excluding carboxylic acids is 2. The van der Waals surface area contributed by atoms with Crippen molar-refractivity contribution in [1.29, 1.82) is 0 Å². The topological polar surface area (TPSA) is 47.1 Å². The standard InChI is InChI=1S/C25H37FN4O2/c1-4-23(31)29-13-10-25(11-14-29)17-22(27(3)24(25)32)9-12-28-15-16-30(18-19(28)2)21-7-5-20(26)6-8-21/h5-8,19,22H,4,9-18H2,1-3H3/t19-,22-/m0/s1. The summed E-state index contributed by atoms with van der Waals surface area (Å²) in [6, 6.07) is 7.45. The van der Waals surface area contributed by atoms with Crippen LogP contribution >= 0.6 is 0 Å². The van der Waals surface area contributed by atoms with Crippen LogP contribution in [0, 0.1) is 11.2 Å². The second kappa shape index (κ2) is 9.38. The smallest absolute Gasteiger partial charge is 0.228 e. The summed E-state index contributed by atoms with van der Waals surface area (Å²) in [5.41, 5.74) is 0.811. The molecular formula is C25H37FN4O2. The predicted octanol–water partition coefficient (Wildman–Crippen LogP) is 2.98. The fourth-order valence-corrected chi connectivity index (χ4v) is 5.87. The van der Waals surface area contributed by atoms with Gasteiger partial charge in [-0.2, -0.15) is 0 Å². The summed E-state index contributed by atoms with van der Waals surface area (Å²) in [4.78, 5) is 33.9. The lowest BCUT2D eigenvalue weighted by Crippen LogP contribution is -2.52. The Balaban J connectivity index is 1.29. The number of piperidine rings is 1. The van der Waals surface area contributed by atoms with E-state index in [1.54, 1.807) is 0 Å². The van der Waals surface area contributed by atoms with Gasteiger partial charge in [0, 0.05) is 70.5 Å². The van der Waals surface area contributed by atoms with Crippen molar-refractivity contribution in [2.45, 2.75) is 58.0 Å². The number of nitrogens with zero attached hydrogens (tertiary/aromatic N) is 4. The molecule has 2 amide bonds. The molecule has 6 nitrogen and oxygen atoms in total. The number of hydrogen-bond donors (Lipinski definition) is 0. The first-order chi connectivity index (χ1) is 15.3. The van der Waals surface area contributed by atoms with Gasteiger partial charge in [0.05, 0.1) is 5.41 Å². The molecule has 0 aliphatic carbocycles. The average molecular weight is 445 g/mol. The van der Waals surface area contributed by atoms with Crippen molar-refractivity contribution in [2.24, 2.45) is 5.41 Å². The highest BCUT2D eigenvalue weighted by Crippen LogP contribution is 2.44. The lowest BCUT2D eigenvalue weighted by molar-refractivity contribution is -0.142. The Labute approximate surface area is 191 Å². The van der Waals surface area contributed by atoms with E-state index in [1.165, 1.54) is 12.1 Å². The number of benzene rings is 1. The molecule has 3 aliphatic heterocycles. The molecule has 1 spiro atoms. The van der Waals surface area contributed by atoms with Crippen LogP contribution in [0.1, 0.15) is 46.0 Å². The normalized spacial score (nSPS) is 26.2. The number of likely N-dealkylation sites (tertiary alicyclic amines) is 2. The molecule has 3 aliphatic rings. The second-order valence-corrected chi connectivity index (χ2v) is 9.88. The van der Waals surface area contributed by atoms with Gasteiger partial charge in [0.1, 0.15) is 5.82 Å². The highest BCUT2D eigenvalue weighted by atomic mass is 19.1. The fraction of sp³-hybridized carbons (Fsp3) is 0.680. The first kappa shape index (κ1) is 23.0. The molecule has 3 heterocycles. The van der Waals surface area contributed by atoms with E-state index in [0.717, 1.165) is 57.5 Å². The molecule has 3 saturated heterocycles. The molecule has 2 atom stereocenters. The third-order valence-corrected chi connectivity index (χ3v) is 8.03. The van der Waals surface area contributed by atoms with Crippen LogP contribution in [0.25, 0.3) is 0 Å². The van der Waals surface area contributed by atoms with E-state index in [2.05, 4.69) is 16.7 Å². The molecule has 7 heteroatoms. The van der Waals surface area contributed by atoms with E-state index < -0.39 is 0 Å². The van der Waals surface area contributed by atoms with Gasteiger partial charge in [-0.3, -0.25) is 14.5 Å². The minimum Gasteiger partial charge on any atom is -0.369 e. The molecule has 1 aromatic carbocycles.